The fraction of sp³-hybridized carbons (Fsp3) is 0.344. The maximum absolute atomic E-state index is 12.6. The van der Waals surface area contributed by atoms with Crippen LogP contribution in [0.2, 0.25) is 0 Å². The number of piperazine rings is 1. The van der Waals surface area contributed by atoms with E-state index in [1.54, 1.807) is 30.4 Å². The molecule has 2 saturated heterocycles. The van der Waals surface area contributed by atoms with E-state index in [0.29, 0.717) is 37.6 Å². The summed E-state index contributed by atoms with van der Waals surface area (Å²) in [6.07, 6.45) is 1.57. The largest absolute Gasteiger partial charge is 0.495 e. The molecule has 2 aliphatic rings. The molecule has 0 bridgehead atoms. The number of hydrogen-bond donors (Lipinski definition) is 1. The summed E-state index contributed by atoms with van der Waals surface area (Å²) < 4.78 is 16.4. The van der Waals surface area contributed by atoms with Crippen LogP contribution in [0.1, 0.15) is 21.5 Å². The number of nitrogens with one attached hydrogen (secondary N) is 1. The van der Waals surface area contributed by atoms with E-state index < -0.39 is 0 Å². The van der Waals surface area contributed by atoms with Crippen molar-refractivity contribution in [3.8, 4) is 11.5 Å². The van der Waals surface area contributed by atoms with Gasteiger partial charge in [0.05, 0.1) is 32.2 Å². The number of hydrazone groups is 1. The first-order valence-corrected chi connectivity index (χ1v) is 14.2. The van der Waals surface area contributed by atoms with E-state index in [2.05, 4.69) is 26.4 Å². The Morgan fingerprint density at radius 2 is 1.62 bits per heavy atom. The number of morpholine rings is 1. The zero-order valence-corrected chi connectivity index (χ0v) is 23.9. The fourth-order valence-electron chi connectivity index (χ4n) is 4.99. The van der Waals surface area contributed by atoms with Gasteiger partial charge in [0.25, 0.3) is 11.8 Å². The van der Waals surface area contributed by atoms with Crippen LogP contribution in [0.15, 0.2) is 77.9 Å². The summed E-state index contributed by atoms with van der Waals surface area (Å²) in [4.78, 5) is 31.3. The molecule has 0 aliphatic carbocycles. The molecule has 0 aromatic heterocycles. The van der Waals surface area contributed by atoms with Crippen LogP contribution < -0.4 is 19.8 Å². The minimum atomic E-state index is -0.273. The molecular formula is C32H37N5O5. The number of amides is 2. The first-order chi connectivity index (χ1) is 20.6. The van der Waals surface area contributed by atoms with Crippen LogP contribution in [-0.2, 0) is 16.1 Å². The molecule has 0 unspecified atom stereocenters. The van der Waals surface area contributed by atoms with E-state index in [4.69, 9.17) is 14.2 Å². The van der Waals surface area contributed by atoms with Gasteiger partial charge < -0.3 is 24.0 Å². The van der Waals surface area contributed by atoms with Crippen LogP contribution in [0, 0.1) is 0 Å². The van der Waals surface area contributed by atoms with Crippen molar-refractivity contribution in [3.63, 3.8) is 0 Å². The lowest BCUT2D eigenvalue weighted by Gasteiger charge is -2.36. The number of methoxy groups -OCH3 is 1. The number of hydrogen-bond acceptors (Lipinski definition) is 8. The second kappa shape index (κ2) is 14.5. The van der Waals surface area contributed by atoms with E-state index >= 15 is 0 Å². The number of ether oxygens (including phenoxy) is 3. The number of para-hydroxylation sites is 2. The van der Waals surface area contributed by atoms with Gasteiger partial charge in [-0.1, -0.05) is 24.3 Å². The van der Waals surface area contributed by atoms with Gasteiger partial charge in [-0.2, -0.15) is 5.10 Å². The monoisotopic (exact) mass is 571 g/mol. The second-order valence-electron chi connectivity index (χ2n) is 10.2. The van der Waals surface area contributed by atoms with Crippen LogP contribution in [0.4, 0.5) is 5.69 Å². The molecule has 3 aromatic carbocycles. The Morgan fingerprint density at radius 1 is 0.905 bits per heavy atom. The predicted octanol–water partition coefficient (Wildman–Crippen LogP) is 3.02. The lowest BCUT2D eigenvalue weighted by Crippen LogP contribution is -2.46. The molecule has 2 aliphatic heterocycles. The SMILES string of the molecule is COc1ccccc1N1CCN(Cc2ccc(C(=O)N/N=C\c3ccc(OCC(=O)N4CCOCC4)cc3)cc2)CC1. The van der Waals surface area contributed by atoms with Gasteiger partial charge in [0.15, 0.2) is 6.61 Å². The third-order valence-corrected chi connectivity index (χ3v) is 7.41. The van der Waals surface area contributed by atoms with Gasteiger partial charge in [0, 0.05) is 51.4 Å². The molecule has 2 fully saturated rings. The lowest BCUT2D eigenvalue weighted by molar-refractivity contribution is -0.137. The summed E-state index contributed by atoms with van der Waals surface area (Å²) in [7, 11) is 1.71. The third-order valence-electron chi connectivity index (χ3n) is 7.41. The number of nitrogens with zero attached hydrogens (tertiary/aromatic N) is 4. The molecule has 1 N–H and O–H groups in total. The Bertz CT molecular complexity index is 1350. The van der Waals surface area contributed by atoms with Gasteiger partial charge in [-0.25, -0.2) is 5.43 Å². The third kappa shape index (κ3) is 7.86. The number of rotatable bonds is 10. The molecule has 42 heavy (non-hydrogen) atoms. The van der Waals surface area contributed by atoms with Crippen LogP contribution >= 0.6 is 0 Å². The Hall–Kier alpha value is -4.41. The Kier molecular flexibility index (Phi) is 10.0. The normalized spacial score (nSPS) is 15.9. The van der Waals surface area contributed by atoms with Crippen molar-refractivity contribution in [1.82, 2.24) is 15.2 Å². The van der Waals surface area contributed by atoms with Crippen LogP contribution in [0.3, 0.4) is 0 Å². The molecule has 0 radical (unpaired) electrons. The maximum Gasteiger partial charge on any atom is 0.271 e. The Labute approximate surface area is 246 Å². The lowest BCUT2D eigenvalue weighted by atomic mass is 10.1. The standard InChI is InChI=1S/C32H37N5O5/c1-40-30-5-3-2-4-29(30)36-16-14-35(15-17-36)23-26-6-10-27(11-7-26)32(39)34-33-22-25-8-12-28(13-9-25)42-24-31(38)37-18-20-41-21-19-37/h2-13,22H,14-21,23-24H2,1H3,(H,34,39)/b33-22-. The first-order valence-electron chi connectivity index (χ1n) is 14.2. The van der Waals surface area contributed by atoms with Crippen molar-refractivity contribution < 1.29 is 23.8 Å². The summed E-state index contributed by atoms with van der Waals surface area (Å²) in [5, 5.41) is 4.08. The van der Waals surface area contributed by atoms with Gasteiger partial charge in [-0.15, -0.1) is 0 Å². The Balaban J connectivity index is 1.03. The summed E-state index contributed by atoms with van der Waals surface area (Å²) in [6.45, 7) is 6.91. The summed E-state index contributed by atoms with van der Waals surface area (Å²) in [5.41, 5.74) is 6.22. The fourth-order valence-corrected chi connectivity index (χ4v) is 4.99. The highest BCUT2D eigenvalue weighted by Crippen LogP contribution is 2.28. The summed E-state index contributed by atoms with van der Waals surface area (Å²) in [5.74, 6) is 1.17. The van der Waals surface area contributed by atoms with Gasteiger partial charge in [0.2, 0.25) is 0 Å². The van der Waals surface area contributed by atoms with Gasteiger partial charge >= 0.3 is 0 Å². The molecule has 10 heteroatoms. The quantitative estimate of drug-likeness (QED) is 0.295. The van der Waals surface area contributed by atoms with Crippen LogP contribution in [0.25, 0.3) is 0 Å². The van der Waals surface area contributed by atoms with Crippen LogP contribution in [0.5, 0.6) is 11.5 Å². The van der Waals surface area contributed by atoms with Crippen molar-refractivity contribution in [2.75, 3.05) is 71.1 Å². The second-order valence-corrected chi connectivity index (χ2v) is 10.2. The van der Waals surface area contributed by atoms with E-state index in [1.807, 2.05) is 54.6 Å². The van der Waals surface area contributed by atoms with Crippen molar-refractivity contribution >= 4 is 23.7 Å². The molecule has 0 saturated carbocycles. The van der Waals surface area contributed by atoms with E-state index in [1.165, 1.54) is 0 Å². The number of benzene rings is 3. The molecule has 0 atom stereocenters. The topological polar surface area (TPSA) is 95.9 Å². The molecule has 3 aromatic rings. The van der Waals surface area contributed by atoms with E-state index in [9.17, 15) is 9.59 Å². The number of carbonyl (C=O) groups is 2. The van der Waals surface area contributed by atoms with E-state index in [0.717, 1.165) is 55.3 Å². The van der Waals surface area contributed by atoms with Gasteiger partial charge in [0.1, 0.15) is 11.5 Å². The molecule has 2 heterocycles. The highest BCUT2D eigenvalue weighted by atomic mass is 16.5. The zero-order valence-electron chi connectivity index (χ0n) is 23.9. The summed E-state index contributed by atoms with van der Waals surface area (Å²) >= 11 is 0. The van der Waals surface area contributed by atoms with E-state index in [-0.39, 0.29) is 18.4 Å². The first kappa shape index (κ1) is 29.1. The maximum atomic E-state index is 12.6. The highest BCUT2D eigenvalue weighted by Gasteiger charge is 2.20. The average molecular weight is 572 g/mol. The van der Waals surface area contributed by atoms with Crippen molar-refractivity contribution in [2.24, 2.45) is 5.10 Å². The highest BCUT2D eigenvalue weighted by molar-refractivity contribution is 5.94. The molecular weight excluding hydrogens is 534 g/mol. The minimum Gasteiger partial charge on any atom is -0.495 e. The van der Waals surface area contributed by atoms with Gasteiger partial charge in [-0.05, 0) is 59.7 Å². The molecule has 0 spiro atoms. The molecule has 10 nitrogen and oxygen atoms in total. The molecule has 5 rings (SSSR count). The number of anilines is 1. The van der Waals surface area contributed by atoms with Crippen molar-refractivity contribution in [3.05, 3.63) is 89.5 Å². The van der Waals surface area contributed by atoms with Crippen LogP contribution in [-0.4, -0.2) is 94.0 Å². The zero-order chi connectivity index (χ0) is 29.1. The average Bonchev–Trinajstić information content (AvgIpc) is 3.05. The minimum absolute atomic E-state index is 0.0111. The molecule has 220 valence electrons. The predicted molar refractivity (Wildman–Crippen MR) is 161 cm³/mol. The molecule has 2 amide bonds. The van der Waals surface area contributed by atoms with Crippen molar-refractivity contribution in [1.29, 1.82) is 0 Å². The Morgan fingerprint density at radius 3 is 2.33 bits per heavy atom. The van der Waals surface area contributed by atoms with Gasteiger partial charge in [-0.3, -0.25) is 14.5 Å². The number of carbonyl (C=O) groups excluding carboxylic acids is 2. The smallest absolute Gasteiger partial charge is 0.271 e. The summed E-state index contributed by atoms with van der Waals surface area (Å²) in [6, 6.07) is 23.0. The van der Waals surface area contributed by atoms with Crippen molar-refractivity contribution in [2.45, 2.75) is 6.54 Å².